The molecule has 0 amide bonds. The Balaban J connectivity index is 1.63. The predicted octanol–water partition coefficient (Wildman–Crippen LogP) is 2.76. The highest BCUT2D eigenvalue weighted by Crippen LogP contribution is 2.17. The summed E-state index contributed by atoms with van der Waals surface area (Å²) in [5.74, 6) is 1.10. The molecule has 5 nitrogen and oxygen atoms in total. The minimum Gasteiger partial charge on any atom is -0.339 e. The van der Waals surface area contributed by atoms with Gasteiger partial charge >= 0.3 is 0 Å². The molecule has 0 saturated heterocycles. The Morgan fingerprint density at radius 1 is 1.05 bits per heavy atom. The van der Waals surface area contributed by atoms with Gasteiger partial charge in [0.2, 0.25) is 11.7 Å². The minimum absolute atomic E-state index is 0.0311. The van der Waals surface area contributed by atoms with Crippen molar-refractivity contribution in [2.45, 2.75) is 18.9 Å². The van der Waals surface area contributed by atoms with Gasteiger partial charge in [-0.25, -0.2) is 0 Å². The smallest absolute Gasteiger partial charge is 0.227 e. The molecule has 0 fully saturated rings. The molecular weight excluding hydrogens is 264 g/mol. The number of nitrogens with two attached hydrogens (primary N) is 1. The molecule has 0 aliphatic rings. The summed E-state index contributed by atoms with van der Waals surface area (Å²) in [7, 11) is 0. The maximum atomic E-state index is 6.16. The van der Waals surface area contributed by atoms with Gasteiger partial charge in [-0.2, -0.15) is 4.98 Å². The fourth-order valence-electron chi connectivity index (χ4n) is 2.10. The lowest BCUT2D eigenvalue weighted by atomic mass is 10.0. The number of aromatic nitrogens is 3. The van der Waals surface area contributed by atoms with Crippen molar-refractivity contribution < 1.29 is 4.52 Å². The van der Waals surface area contributed by atoms with E-state index in [9.17, 15) is 0 Å². The second-order valence-electron chi connectivity index (χ2n) is 4.78. The van der Waals surface area contributed by atoms with Crippen molar-refractivity contribution in [1.82, 2.24) is 15.1 Å². The second kappa shape index (κ2) is 6.28. The van der Waals surface area contributed by atoms with E-state index >= 15 is 0 Å². The SMILES string of the molecule is NC(CCc1nc(-c2ccccn2)no1)c1ccccc1. The van der Waals surface area contributed by atoms with Gasteiger partial charge < -0.3 is 10.3 Å². The van der Waals surface area contributed by atoms with E-state index in [1.165, 1.54) is 0 Å². The van der Waals surface area contributed by atoms with E-state index < -0.39 is 0 Å². The summed E-state index contributed by atoms with van der Waals surface area (Å²) in [5, 5.41) is 3.95. The normalized spacial score (nSPS) is 12.2. The molecule has 3 rings (SSSR count). The van der Waals surface area contributed by atoms with Crippen LogP contribution in [-0.4, -0.2) is 15.1 Å². The Morgan fingerprint density at radius 3 is 2.62 bits per heavy atom. The minimum atomic E-state index is -0.0311. The fraction of sp³-hybridized carbons (Fsp3) is 0.188. The quantitative estimate of drug-likeness (QED) is 0.777. The highest BCUT2D eigenvalue weighted by molar-refractivity contribution is 5.46. The van der Waals surface area contributed by atoms with E-state index in [0.29, 0.717) is 23.8 Å². The molecule has 106 valence electrons. The lowest BCUT2D eigenvalue weighted by Gasteiger charge is -2.09. The molecule has 2 heterocycles. The number of nitrogens with zero attached hydrogens (tertiary/aromatic N) is 3. The molecule has 1 aromatic carbocycles. The first-order valence-corrected chi connectivity index (χ1v) is 6.87. The van der Waals surface area contributed by atoms with Crippen LogP contribution in [0.15, 0.2) is 59.3 Å². The third kappa shape index (κ3) is 3.32. The molecule has 5 heteroatoms. The van der Waals surface area contributed by atoms with Crippen LogP contribution in [0.5, 0.6) is 0 Å². The first-order chi connectivity index (χ1) is 10.3. The first kappa shape index (κ1) is 13.5. The molecule has 0 aliphatic carbocycles. The standard InChI is InChI=1S/C16H16N4O/c17-13(12-6-2-1-3-7-12)9-10-15-19-16(20-21-15)14-8-4-5-11-18-14/h1-8,11,13H,9-10,17H2. The van der Waals surface area contributed by atoms with Crippen LogP contribution in [0.25, 0.3) is 11.5 Å². The maximum absolute atomic E-state index is 6.16. The summed E-state index contributed by atoms with van der Waals surface area (Å²) in [5.41, 5.74) is 7.98. The summed E-state index contributed by atoms with van der Waals surface area (Å²) >= 11 is 0. The Hall–Kier alpha value is -2.53. The highest BCUT2D eigenvalue weighted by Gasteiger charge is 2.12. The molecule has 1 atom stereocenters. The summed E-state index contributed by atoms with van der Waals surface area (Å²) in [6.45, 7) is 0. The van der Waals surface area contributed by atoms with Crippen molar-refractivity contribution >= 4 is 0 Å². The molecule has 1 unspecified atom stereocenters. The summed E-state index contributed by atoms with van der Waals surface area (Å²) in [6, 6.07) is 15.6. The molecule has 2 N–H and O–H groups in total. The van der Waals surface area contributed by atoms with E-state index in [-0.39, 0.29) is 6.04 Å². The van der Waals surface area contributed by atoms with Crippen LogP contribution >= 0.6 is 0 Å². The van der Waals surface area contributed by atoms with Gasteiger partial charge in [-0.05, 0) is 24.1 Å². The van der Waals surface area contributed by atoms with Crippen LogP contribution in [0, 0.1) is 0 Å². The van der Waals surface area contributed by atoms with Gasteiger partial charge in [-0.3, -0.25) is 4.98 Å². The lowest BCUT2D eigenvalue weighted by Crippen LogP contribution is -2.11. The molecular formula is C16H16N4O. The van der Waals surface area contributed by atoms with Crippen LogP contribution in [-0.2, 0) is 6.42 Å². The van der Waals surface area contributed by atoms with E-state index in [0.717, 1.165) is 12.0 Å². The van der Waals surface area contributed by atoms with Crippen molar-refractivity contribution in [1.29, 1.82) is 0 Å². The van der Waals surface area contributed by atoms with Gasteiger partial charge in [-0.1, -0.05) is 41.6 Å². The third-order valence-electron chi connectivity index (χ3n) is 3.26. The Bertz CT molecular complexity index is 682. The monoisotopic (exact) mass is 280 g/mol. The summed E-state index contributed by atoms with van der Waals surface area (Å²) in [4.78, 5) is 8.55. The maximum Gasteiger partial charge on any atom is 0.227 e. The van der Waals surface area contributed by atoms with Crippen LogP contribution in [0.4, 0.5) is 0 Å². The van der Waals surface area contributed by atoms with Gasteiger partial charge in [0.1, 0.15) is 5.69 Å². The number of aryl methyl sites for hydroxylation is 1. The van der Waals surface area contributed by atoms with Crippen molar-refractivity contribution in [3.8, 4) is 11.5 Å². The van der Waals surface area contributed by atoms with Crippen LogP contribution < -0.4 is 5.73 Å². The largest absolute Gasteiger partial charge is 0.339 e. The number of rotatable bonds is 5. The zero-order chi connectivity index (χ0) is 14.5. The molecule has 0 radical (unpaired) electrons. The molecule has 21 heavy (non-hydrogen) atoms. The van der Waals surface area contributed by atoms with E-state index in [1.807, 2.05) is 48.5 Å². The summed E-state index contributed by atoms with van der Waals surface area (Å²) in [6.07, 6.45) is 3.11. The van der Waals surface area contributed by atoms with Gasteiger partial charge in [-0.15, -0.1) is 0 Å². The second-order valence-corrected chi connectivity index (χ2v) is 4.78. The fourth-order valence-corrected chi connectivity index (χ4v) is 2.10. The number of hydrogen-bond donors (Lipinski definition) is 1. The zero-order valence-corrected chi connectivity index (χ0v) is 11.5. The van der Waals surface area contributed by atoms with Crippen molar-refractivity contribution in [2.75, 3.05) is 0 Å². The van der Waals surface area contributed by atoms with Gasteiger partial charge in [0.15, 0.2) is 0 Å². The van der Waals surface area contributed by atoms with Crippen molar-refractivity contribution in [3.05, 3.63) is 66.2 Å². The van der Waals surface area contributed by atoms with Crippen LogP contribution in [0.2, 0.25) is 0 Å². The van der Waals surface area contributed by atoms with E-state index in [2.05, 4.69) is 15.1 Å². The van der Waals surface area contributed by atoms with E-state index in [4.69, 9.17) is 10.3 Å². The molecule has 0 bridgehead atoms. The Kier molecular flexibility index (Phi) is 4.02. The Labute approximate surface area is 122 Å². The van der Waals surface area contributed by atoms with Gasteiger partial charge in [0, 0.05) is 18.7 Å². The average molecular weight is 280 g/mol. The topological polar surface area (TPSA) is 77.8 Å². The van der Waals surface area contributed by atoms with Gasteiger partial charge in [0.05, 0.1) is 0 Å². The number of benzene rings is 1. The first-order valence-electron chi connectivity index (χ1n) is 6.87. The Morgan fingerprint density at radius 2 is 1.86 bits per heavy atom. The molecule has 2 aromatic heterocycles. The van der Waals surface area contributed by atoms with Crippen LogP contribution in [0.3, 0.4) is 0 Å². The highest BCUT2D eigenvalue weighted by atomic mass is 16.5. The molecule has 0 aliphatic heterocycles. The zero-order valence-electron chi connectivity index (χ0n) is 11.5. The molecule has 0 spiro atoms. The van der Waals surface area contributed by atoms with Gasteiger partial charge in [0.25, 0.3) is 0 Å². The lowest BCUT2D eigenvalue weighted by molar-refractivity contribution is 0.372. The molecule has 3 aromatic rings. The average Bonchev–Trinajstić information content (AvgIpc) is 3.03. The third-order valence-corrected chi connectivity index (χ3v) is 3.26. The number of hydrogen-bond acceptors (Lipinski definition) is 5. The van der Waals surface area contributed by atoms with E-state index in [1.54, 1.807) is 6.20 Å². The van der Waals surface area contributed by atoms with Crippen molar-refractivity contribution in [2.24, 2.45) is 5.73 Å². The van der Waals surface area contributed by atoms with Crippen LogP contribution in [0.1, 0.15) is 23.9 Å². The molecule has 0 saturated carbocycles. The predicted molar refractivity (Wildman–Crippen MR) is 79.2 cm³/mol. The van der Waals surface area contributed by atoms with Crippen molar-refractivity contribution in [3.63, 3.8) is 0 Å². The number of pyridine rings is 1. The summed E-state index contributed by atoms with van der Waals surface area (Å²) < 4.78 is 5.25.